The fraction of sp³-hybridized carbons (Fsp3) is 0.667. The number of ether oxygens (including phenoxy) is 1. The van der Waals surface area contributed by atoms with Crippen molar-refractivity contribution in [2.24, 2.45) is 0 Å². The number of nitrogens with zero attached hydrogens (tertiary/aromatic N) is 1. The van der Waals surface area contributed by atoms with Crippen molar-refractivity contribution >= 4 is 23.9 Å². The number of aliphatic carboxylic acids is 1. The molecule has 1 rings (SSSR count). The molecule has 1 fully saturated rings. The van der Waals surface area contributed by atoms with E-state index in [1.54, 1.807) is 6.92 Å². The molecule has 0 aliphatic carbocycles. The molecule has 0 spiro atoms. The zero-order valence-corrected chi connectivity index (χ0v) is 11.3. The predicted octanol–water partition coefficient (Wildman–Crippen LogP) is 0.115. The van der Waals surface area contributed by atoms with Crippen molar-refractivity contribution in [3.05, 3.63) is 0 Å². The van der Waals surface area contributed by atoms with Gasteiger partial charge in [-0.15, -0.1) is 0 Å². The van der Waals surface area contributed by atoms with Gasteiger partial charge in [-0.1, -0.05) is 0 Å². The quantitative estimate of drug-likeness (QED) is 0.694. The number of hydrogen-bond donors (Lipinski definition) is 2. The first-order valence-electron chi connectivity index (χ1n) is 6.44. The van der Waals surface area contributed by atoms with Gasteiger partial charge < -0.3 is 14.7 Å². The van der Waals surface area contributed by atoms with Crippen LogP contribution in [0.2, 0.25) is 0 Å². The Balaban J connectivity index is 2.51. The predicted molar refractivity (Wildman–Crippen MR) is 66.8 cm³/mol. The second-order valence-electron chi connectivity index (χ2n) is 4.35. The van der Waals surface area contributed by atoms with E-state index in [1.165, 1.54) is 4.90 Å². The molecule has 0 aromatic heterocycles. The molecule has 1 aliphatic heterocycles. The summed E-state index contributed by atoms with van der Waals surface area (Å²) in [5, 5.41) is 10.5. The van der Waals surface area contributed by atoms with E-state index in [0.29, 0.717) is 19.4 Å². The first kappa shape index (κ1) is 15.9. The van der Waals surface area contributed by atoms with Gasteiger partial charge >= 0.3 is 18.0 Å². The summed E-state index contributed by atoms with van der Waals surface area (Å²) < 4.78 is 4.87. The molecular formula is C12H18N2O6. The van der Waals surface area contributed by atoms with Crippen molar-refractivity contribution in [1.82, 2.24) is 10.2 Å². The molecule has 0 saturated carbocycles. The Morgan fingerprint density at radius 2 is 2.00 bits per heavy atom. The maximum absolute atomic E-state index is 11.9. The van der Waals surface area contributed by atoms with Crippen LogP contribution in [-0.4, -0.2) is 53.1 Å². The Bertz CT molecular complexity index is 409. The number of nitrogens with one attached hydrogen (secondary N) is 1. The lowest BCUT2D eigenvalue weighted by atomic mass is 10.2. The molecular weight excluding hydrogens is 268 g/mol. The monoisotopic (exact) mass is 286 g/mol. The van der Waals surface area contributed by atoms with E-state index >= 15 is 0 Å². The van der Waals surface area contributed by atoms with Gasteiger partial charge in [0, 0.05) is 13.0 Å². The Labute approximate surface area is 116 Å². The molecule has 0 aromatic carbocycles. The van der Waals surface area contributed by atoms with Gasteiger partial charge in [-0.05, 0) is 19.8 Å². The number of carboxylic acid groups (broad SMARTS) is 1. The molecule has 3 amide bonds. The first-order valence-corrected chi connectivity index (χ1v) is 6.44. The molecule has 1 aliphatic rings. The van der Waals surface area contributed by atoms with Gasteiger partial charge in [-0.25, -0.2) is 9.59 Å². The molecule has 0 radical (unpaired) electrons. The second kappa shape index (κ2) is 7.46. The molecule has 112 valence electrons. The van der Waals surface area contributed by atoms with Crippen LogP contribution in [0.15, 0.2) is 0 Å². The van der Waals surface area contributed by atoms with E-state index in [4.69, 9.17) is 9.84 Å². The van der Waals surface area contributed by atoms with Crippen LogP contribution in [0.25, 0.3) is 0 Å². The molecule has 0 aromatic rings. The number of hydrogen-bond acceptors (Lipinski definition) is 5. The Kier molecular flexibility index (Phi) is 5.95. The normalized spacial score (nSPS) is 17.6. The van der Waals surface area contributed by atoms with Crippen LogP contribution in [0, 0.1) is 0 Å². The lowest BCUT2D eigenvalue weighted by Gasteiger charge is -2.22. The highest BCUT2D eigenvalue weighted by Crippen LogP contribution is 2.18. The van der Waals surface area contributed by atoms with Gasteiger partial charge in [-0.2, -0.15) is 0 Å². The zero-order chi connectivity index (χ0) is 15.1. The van der Waals surface area contributed by atoms with Crippen molar-refractivity contribution in [3.63, 3.8) is 0 Å². The van der Waals surface area contributed by atoms with Crippen LogP contribution in [0.4, 0.5) is 4.79 Å². The summed E-state index contributed by atoms with van der Waals surface area (Å²) in [7, 11) is 0. The maximum Gasteiger partial charge on any atom is 0.328 e. The summed E-state index contributed by atoms with van der Waals surface area (Å²) in [6, 6.07) is -1.36. The van der Waals surface area contributed by atoms with E-state index in [2.05, 4.69) is 5.32 Å². The Morgan fingerprint density at radius 1 is 1.30 bits per heavy atom. The summed E-state index contributed by atoms with van der Waals surface area (Å²) >= 11 is 0. The van der Waals surface area contributed by atoms with Crippen LogP contribution in [-0.2, 0) is 19.1 Å². The van der Waals surface area contributed by atoms with Crippen LogP contribution in [0.3, 0.4) is 0 Å². The molecule has 2 N–H and O–H groups in total. The van der Waals surface area contributed by atoms with Crippen molar-refractivity contribution in [3.8, 4) is 0 Å². The van der Waals surface area contributed by atoms with Crippen molar-refractivity contribution in [1.29, 1.82) is 0 Å². The smallest absolute Gasteiger partial charge is 0.328 e. The van der Waals surface area contributed by atoms with E-state index in [0.717, 1.165) is 0 Å². The number of carbonyl (C=O) groups excluding carboxylic acids is 3. The minimum atomic E-state index is -1.11. The number of likely N-dealkylation sites (tertiary alicyclic amines) is 1. The van der Waals surface area contributed by atoms with Crippen molar-refractivity contribution in [2.45, 2.75) is 38.6 Å². The standard InChI is InChI=1S/C12H18N2O6/c1-2-20-11(18)8-4-3-7-14(8)12(19)13-9(15)5-6-10(16)17/h8H,2-7H2,1H3,(H,16,17)(H,13,15,19). The highest BCUT2D eigenvalue weighted by atomic mass is 16.5. The minimum Gasteiger partial charge on any atom is -0.481 e. The lowest BCUT2D eigenvalue weighted by Crippen LogP contribution is -2.48. The summed E-state index contributed by atoms with van der Waals surface area (Å²) in [5.41, 5.74) is 0. The summed E-state index contributed by atoms with van der Waals surface area (Å²) in [4.78, 5) is 46.5. The Morgan fingerprint density at radius 3 is 2.60 bits per heavy atom. The fourth-order valence-corrected chi connectivity index (χ4v) is 1.97. The minimum absolute atomic E-state index is 0.225. The first-order chi connectivity index (χ1) is 9.45. The van der Waals surface area contributed by atoms with Gasteiger partial charge in [0.05, 0.1) is 13.0 Å². The van der Waals surface area contributed by atoms with Crippen LogP contribution in [0.5, 0.6) is 0 Å². The highest BCUT2D eigenvalue weighted by molar-refractivity contribution is 5.97. The van der Waals surface area contributed by atoms with Crippen LogP contribution >= 0.6 is 0 Å². The number of carboxylic acids is 1. The SMILES string of the molecule is CCOC(=O)C1CCCN1C(=O)NC(=O)CCC(=O)O. The molecule has 20 heavy (non-hydrogen) atoms. The van der Waals surface area contributed by atoms with Gasteiger partial charge in [0.15, 0.2) is 0 Å². The number of amides is 3. The van der Waals surface area contributed by atoms with Crippen LogP contribution < -0.4 is 5.32 Å². The molecule has 1 heterocycles. The van der Waals surface area contributed by atoms with E-state index < -0.39 is 29.9 Å². The van der Waals surface area contributed by atoms with Gasteiger partial charge in [0.1, 0.15) is 6.04 Å². The summed E-state index contributed by atoms with van der Waals surface area (Å²) in [6.45, 7) is 2.26. The largest absolute Gasteiger partial charge is 0.481 e. The van der Waals surface area contributed by atoms with Gasteiger partial charge in [0.25, 0.3) is 0 Å². The molecule has 0 bridgehead atoms. The summed E-state index contributed by atoms with van der Waals surface area (Å²) in [6.07, 6.45) is 0.523. The third-order valence-corrected chi connectivity index (χ3v) is 2.88. The van der Waals surface area contributed by atoms with Gasteiger partial charge in [0.2, 0.25) is 5.91 Å². The van der Waals surface area contributed by atoms with E-state index in [-0.39, 0.29) is 19.4 Å². The topological polar surface area (TPSA) is 113 Å². The molecule has 1 atom stereocenters. The molecule has 1 saturated heterocycles. The number of rotatable bonds is 5. The fourth-order valence-electron chi connectivity index (χ4n) is 1.97. The lowest BCUT2D eigenvalue weighted by molar-refractivity contribution is -0.147. The molecule has 1 unspecified atom stereocenters. The molecule has 8 nitrogen and oxygen atoms in total. The van der Waals surface area contributed by atoms with Crippen LogP contribution in [0.1, 0.15) is 32.6 Å². The number of esters is 1. The second-order valence-corrected chi connectivity index (χ2v) is 4.35. The van der Waals surface area contributed by atoms with E-state index in [9.17, 15) is 19.2 Å². The zero-order valence-electron chi connectivity index (χ0n) is 11.3. The van der Waals surface area contributed by atoms with E-state index in [1.807, 2.05) is 0 Å². The maximum atomic E-state index is 11.9. The van der Waals surface area contributed by atoms with Crippen molar-refractivity contribution in [2.75, 3.05) is 13.2 Å². The number of urea groups is 1. The number of imide groups is 1. The summed E-state index contributed by atoms with van der Waals surface area (Å²) in [5.74, 6) is -2.27. The van der Waals surface area contributed by atoms with Crippen molar-refractivity contribution < 1.29 is 29.0 Å². The third kappa shape index (κ3) is 4.52. The Hall–Kier alpha value is -2.12. The van der Waals surface area contributed by atoms with Gasteiger partial charge in [-0.3, -0.25) is 14.9 Å². The highest BCUT2D eigenvalue weighted by Gasteiger charge is 2.35. The molecule has 8 heteroatoms. The number of carbonyl (C=O) groups is 4. The average Bonchev–Trinajstić information content (AvgIpc) is 2.86. The third-order valence-electron chi connectivity index (χ3n) is 2.88. The average molecular weight is 286 g/mol.